The zero-order valence-corrected chi connectivity index (χ0v) is 16.5. The summed E-state index contributed by atoms with van der Waals surface area (Å²) in [5.74, 6) is 1.70. The van der Waals surface area contributed by atoms with Gasteiger partial charge in [-0.3, -0.25) is 4.79 Å². The molecule has 144 valence electrons. The molecule has 0 heterocycles. The number of amides is 1. The zero-order valence-electron chi connectivity index (χ0n) is 16.5. The lowest BCUT2D eigenvalue weighted by Gasteiger charge is -2.28. The maximum atomic E-state index is 12.1. The Morgan fingerprint density at radius 1 is 1.15 bits per heavy atom. The first kappa shape index (κ1) is 20.3. The highest BCUT2D eigenvalue weighted by Crippen LogP contribution is 2.23. The van der Waals surface area contributed by atoms with Gasteiger partial charge in [0.05, 0.1) is 6.54 Å². The number of rotatable bonds is 7. The van der Waals surface area contributed by atoms with Crippen LogP contribution in [0.5, 0.6) is 0 Å². The molecule has 1 aromatic rings. The summed E-state index contributed by atoms with van der Waals surface area (Å²) in [5, 5.41) is 9.83. The molecule has 2 rings (SSSR count). The predicted molar refractivity (Wildman–Crippen MR) is 108 cm³/mol. The van der Waals surface area contributed by atoms with Crippen LogP contribution in [-0.2, 0) is 6.54 Å². The van der Waals surface area contributed by atoms with E-state index in [2.05, 4.69) is 29.8 Å². The van der Waals surface area contributed by atoms with E-state index in [1.807, 2.05) is 31.2 Å². The van der Waals surface area contributed by atoms with Crippen molar-refractivity contribution in [2.24, 2.45) is 10.9 Å². The maximum Gasteiger partial charge on any atom is 0.251 e. The number of hydrogen-bond acceptors (Lipinski definition) is 2. The molecule has 5 heteroatoms. The van der Waals surface area contributed by atoms with Crippen molar-refractivity contribution < 1.29 is 4.79 Å². The molecule has 1 aliphatic rings. The molecule has 5 nitrogen and oxygen atoms in total. The topological polar surface area (TPSA) is 65.5 Å². The number of hydrogen-bond donors (Lipinski definition) is 3. The molecule has 0 saturated heterocycles. The number of aliphatic imine (C=N–C) groups is 1. The second kappa shape index (κ2) is 10.8. The van der Waals surface area contributed by atoms with Gasteiger partial charge in [-0.2, -0.15) is 0 Å². The van der Waals surface area contributed by atoms with E-state index in [0.29, 0.717) is 24.7 Å². The molecule has 26 heavy (non-hydrogen) atoms. The minimum Gasteiger partial charge on any atom is -0.357 e. The third-order valence-electron chi connectivity index (χ3n) is 4.85. The van der Waals surface area contributed by atoms with Crippen molar-refractivity contribution in [2.75, 3.05) is 13.1 Å². The Balaban J connectivity index is 1.96. The first-order chi connectivity index (χ1) is 12.6. The molecule has 0 aliphatic heterocycles. The summed E-state index contributed by atoms with van der Waals surface area (Å²) in [6, 6.07) is 8.24. The molecule has 3 N–H and O–H groups in total. The molecule has 1 aromatic carbocycles. The van der Waals surface area contributed by atoms with Gasteiger partial charge in [-0.1, -0.05) is 26.0 Å². The number of guanidine groups is 1. The molecular weight excluding hydrogens is 324 g/mol. The van der Waals surface area contributed by atoms with Gasteiger partial charge in [0.2, 0.25) is 0 Å². The molecule has 0 spiro atoms. The van der Waals surface area contributed by atoms with Crippen LogP contribution in [0.1, 0.15) is 68.8 Å². The van der Waals surface area contributed by atoms with E-state index >= 15 is 0 Å². The highest BCUT2D eigenvalue weighted by molar-refractivity contribution is 5.94. The molecule has 0 radical (unpaired) electrons. The van der Waals surface area contributed by atoms with E-state index in [-0.39, 0.29) is 5.91 Å². The van der Waals surface area contributed by atoms with E-state index < -0.39 is 0 Å². The zero-order chi connectivity index (χ0) is 18.8. The van der Waals surface area contributed by atoms with Crippen LogP contribution in [-0.4, -0.2) is 31.0 Å². The van der Waals surface area contributed by atoms with Gasteiger partial charge in [0.1, 0.15) is 0 Å². The van der Waals surface area contributed by atoms with E-state index in [1.54, 1.807) is 0 Å². The van der Waals surface area contributed by atoms with E-state index in [4.69, 9.17) is 4.99 Å². The van der Waals surface area contributed by atoms with Gasteiger partial charge >= 0.3 is 0 Å². The Bertz CT molecular complexity index is 591. The SMILES string of the molecule is CCCNC(=O)c1cccc(CN=C(NCC)NC2CCC(C)CC2)c1. The largest absolute Gasteiger partial charge is 0.357 e. The van der Waals surface area contributed by atoms with Crippen LogP contribution in [0.2, 0.25) is 0 Å². The molecule has 1 amide bonds. The normalized spacial score (nSPS) is 20.5. The lowest BCUT2D eigenvalue weighted by Crippen LogP contribution is -2.44. The van der Waals surface area contributed by atoms with Crippen LogP contribution in [0.25, 0.3) is 0 Å². The smallest absolute Gasteiger partial charge is 0.251 e. The van der Waals surface area contributed by atoms with Gasteiger partial charge in [-0.05, 0) is 62.6 Å². The molecule has 1 fully saturated rings. The summed E-state index contributed by atoms with van der Waals surface area (Å²) in [4.78, 5) is 16.8. The molecule has 0 atom stereocenters. The Labute approximate surface area is 158 Å². The number of carbonyl (C=O) groups excluding carboxylic acids is 1. The maximum absolute atomic E-state index is 12.1. The van der Waals surface area contributed by atoms with Gasteiger partial charge in [0.25, 0.3) is 5.91 Å². The minimum absolute atomic E-state index is 0.0148. The fourth-order valence-corrected chi connectivity index (χ4v) is 3.24. The number of carbonyl (C=O) groups is 1. The van der Waals surface area contributed by atoms with Gasteiger partial charge in [0, 0.05) is 24.7 Å². The van der Waals surface area contributed by atoms with Gasteiger partial charge in [-0.15, -0.1) is 0 Å². The van der Waals surface area contributed by atoms with Crippen molar-refractivity contribution in [3.05, 3.63) is 35.4 Å². The molecule has 0 bridgehead atoms. The summed E-state index contributed by atoms with van der Waals surface area (Å²) in [7, 11) is 0. The molecule has 1 saturated carbocycles. The highest BCUT2D eigenvalue weighted by Gasteiger charge is 2.18. The highest BCUT2D eigenvalue weighted by atomic mass is 16.1. The van der Waals surface area contributed by atoms with Crippen molar-refractivity contribution >= 4 is 11.9 Å². The molecular formula is C21H34N4O. The standard InChI is InChI=1S/C21H34N4O/c1-4-13-23-20(26)18-8-6-7-17(14-18)15-24-21(22-5-2)25-19-11-9-16(3)10-12-19/h6-8,14,16,19H,4-5,9-13,15H2,1-3H3,(H,23,26)(H2,22,24,25). The predicted octanol–water partition coefficient (Wildman–Crippen LogP) is 3.46. The van der Waals surface area contributed by atoms with Crippen molar-refractivity contribution in [3.8, 4) is 0 Å². The lowest BCUT2D eigenvalue weighted by atomic mass is 9.87. The lowest BCUT2D eigenvalue weighted by molar-refractivity contribution is 0.0953. The molecule has 0 unspecified atom stereocenters. The minimum atomic E-state index is -0.0148. The Hall–Kier alpha value is -2.04. The first-order valence-electron chi connectivity index (χ1n) is 10.0. The summed E-state index contributed by atoms with van der Waals surface area (Å²) in [6.45, 7) is 8.57. The van der Waals surface area contributed by atoms with Gasteiger partial charge in [-0.25, -0.2) is 4.99 Å². The van der Waals surface area contributed by atoms with Crippen molar-refractivity contribution in [3.63, 3.8) is 0 Å². The van der Waals surface area contributed by atoms with Crippen LogP contribution < -0.4 is 16.0 Å². The van der Waals surface area contributed by atoms with Crippen LogP contribution in [0, 0.1) is 5.92 Å². The second-order valence-electron chi connectivity index (χ2n) is 7.25. The average molecular weight is 359 g/mol. The molecule has 0 aromatic heterocycles. The third kappa shape index (κ3) is 6.70. The monoisotopic (exact) mass is 358 g/mol. The Morgan fingerprint density at radius 3 is 2.62 bits per heavy atom. The van der Waals surface area contributed by atoms with Crippen LogP contribution in [0.4, 0.5) is 0 Å². The van der Waals surface area contributed by atoms with Crippen molar-refractivity contribution in [2.45, 2.75) is 65.5 Å². The van der Waals surface area contributed by atoms with E-state index in [1.165, 1.54) is 25.7 Å². The van der Waals surface area contributed by atoms with Crippen molar-refractivity contribution in [1.29, 1.82) is 0 Å². The van der Waals surface area contributed by atoms with Gasteiger partial charge < -0.3 is 16.0 Å². The van der Waals surface area contributed by atoms with Crippen LogP contribution in [0.15, 0.2) is 29.3 Å². The number of benzene rings is 1. The molecule has 1 aliphatic carbocycles. The number of nitrogens with zero attached hydrogens (tertiary/aromatic N) is 1. The van der Waals surface area contributed by atoms with Gasteiger partial charge in [0.15, 0.2) is 5.96 Å². The summed E-state index contributed by atoms with van der Waals surface area (Å²) >= 11 is 0. The quantitative estimate of drug-likeness (QED) is 0.516. The van der Waals surface area contributed by atoms with Crippen molar-refractivity contribution in [1.82, 2.24) is 16.0 Å². The average Bonchev–Trinajstić information content (AvgIpc) is 2.66. The summed E-state index contributed by atoms with van der Waals surface area (Å²) in [5.41, 5.74) is 1.74. The van der Waals surface area contributed by atoms with E-state index in [0.717, 1.165) is 30.4 Å². The number of nitrogens with one attached hydrogen (secondary N) is 3. The van der Waals surface area contributed by atoms with Crippen LogP contribution in [0.3, 0.4) is 0 Å². The van der Waals surface area contributed by atoms with Crippen LogP contribution >= 0.6 is 0 Å². The third-order valence-corrected chi connectivity index (χ3v) is 4.85. The fraction of sp³-hybridized carbons (Fsp3) is 0.619. The Kier molecular flexibility index (Phi) is 8.45. The summed E-state index contributed by atoms with van der Waals surface area (Å²) < 4.78 is 0. The Morgan fingerprint density at radius 2 is 1.92 bits per heavy atom. The second-order valence-corrected chi connectivity index (χ2v) is 7.25. The fourth-order valence-electron chi connectivity index (χ4n) is 3.24. The first-order valence-corrected chi connectivity index (χ1v) is 10.0. The summed E-state index contributed by atoms with van der Waals surface area (Å²) in [6.07, 6.45) is 5.92. The van der Waals surface area contributed by atoms with E-state index in [9.17, 15) is 4.79 Å².